The Morgan fingerprint density at radius 1 is 1.43 bits per heavy atom. The first-order valence-corrected chi connectivity index (χ1v) is 4.05. The molecule has 0 heterocycles. The van der Waals surface area contributed by atoms with Crippen molar-refractivity contribution >= 4 is 22.6 Å². The van der Waals surface area contributed by atoms with Gasteiger partial charge in [-0.05, 0) is 31.6 Å². The highest BCUT2D eigenvalue weighted by Crippen LogP contribution is 2.57. The quantitative estimate of drug-likeness (QED) is 0.423. The number of fused-ring (bicyclic) bond motifs is 1. The summed E-state index contributed by atoms with van der Waals surface area (Å²) in [5.41, 5.74) is 0. The monoisotopic (exact) mass is 208 g/mol. The van der Waals surface area contributed by atoms with Crippen molar-refractivity contribution in [3.05, 3.63) is 0 Å². The van der Waals surface area contributed by atoms with Gasteiger partial charge < -0.3 is 0 Å². The van der Waals surface area contributed by atoms with Crippen LogP contribution in [0.15, 0.2) is 0 Å². The van der Waals surface area contributed by atoms with E-state index in [1.54, 1.807) is 0 Å². The van der Waals surface area contributed by atoms with Gasteiger partial charge in [0, 0.05) is 3.42 Å². The van der Waals surface area contributed by atoms with E-state index in [0.29, 0.717) is 0 Å². The van der Waals surface area contributed by atoms with Gasteiger partial charge in [0.05, 0.1) is 0 Å². The molecule has 0 spiro atoms. The van der Waals surface area contributed by atoms with Gasteiger partial charge in [0.2, 0.25) is 0 Å². The molecule has 0 aromatic carbocycles. The van der Waals surface area contributed by atoms with Crippen LogP contribution in [0.4, 0.5) is 0 Å². The van der Waals surface area contributed by atoms with Crippen LogP contribution in [0, 0.1) is 5.92 Å². The molecular weight excluding hydrogens is 199 g/mol. The second kappa shape index (κ2) is 1.17. The summed E-state index contributed by atoms with van der Waals surface area (Å²) in [6.07, 6.45) is 6.11. The standard InChI is InChI=1S/C6H9I/c7-6-2-1-5(3-6)4-6/h5H,1-4H2. The molecule has 1 heteroatoms. The van der Waals surface area contributed by atoms with E-state index in [1.807, 2.05) is 0 Å². The van der Waals surface area contributed by atoms with Crippen molar-refractivity contribution in [3.63, 3.8) is 0 Å². The first kappa shape index (κ1) is 4.59. The van der Waals surface area contributed by atoms with Crippen LogP contribution in [0.2, 0.25) is 0 Å². The van der Waals surface area contributed by atoms with Crippen molar-refractivity contribution in [2.45, 2.75) is 29.1 Å². The molecule has 0 saturated heterocycles. The van der Waals surface area contributed by atoms with Crippen molar-refractivity contribution in [1.29, 1.82) is 0 Å². The number of rotatable bonds is 0. The minimum absolute atomic E-state index is 0.808. The molecule has 3 fully saturated rings. The van der Waals surface area contributed by atoms with Crippen LogP contribution in [-0.4, -0.2) is 3.42 Å². The predicted molar refractivity (Wildman–Crippen MR) is 38.7 cm³/mol. The minimum Gasteiger partial charge on any atom is -0.0789 e. The Morgan fingerprint density at radius 3 is 2.29 bits per heavy atom. The average molecular weight is 208 g/mol. The van der Waals surface area contributed by atoms with E-state index in [0.717, 1.165) is 9.34 Å². The first-order chi connectivity index (χ1) is 3.29. The zero-order valence-electron chi connectivity index (χ0n) is 4.28. The fourth-order valence-electron chi connectivity index (χ4n) is 1.85. The Kier molecular flexibility index (Phi) is 0.769. The highest BCUT2D eigenvalue weighted by Gasteiger charge is 2.47. The summed E-state index contributed by atoms with van der Waals surface area (Å²) in [7, 11) is 0. The summed E-state index contributed by atoms with van der Waals surface area (Å²) >= 11 is 2.63. The Labute approximate surface area is 57.8 Å². The van der Waals surface area contributed by atoms with Crippen molar-refractivity contribution < 1.29 is 0 Å². The van der Waals surface area contributed by atoms with Gasteiger partial charge in [-0.15, -0.1) is 0 Å². The lowest BCUT2D eigenvalue weighted by atomic mass is 9.85. The maximum absolute atomic E-state index is 2.63. The Hall–Kier alpha value is 0.730. The zero-order chi connectivity index (χ0) is 4.91. The smallest absolute Gasteiger partial charge is 0.0227 e. The van der Waals surface area contributed by atoms with Gasteiger partial charge in [-0.1, -0.05) is 22.6 Å². The normalized spacial score (nSPS) is 57.0. The number of hydrogen-bond donors (Lipinski definition) is 0. The lowest BCUT2D eigenvalue weighted by Gasteiger charge is -2.32. The van der Waals surface area contributed by atoms with E-state index in [-0.39, 0.29) is 0 Å². The van der Waals surface area contributed by atoms with E-state index in [9.17, 15) is 0 Å². The van der Waals surface area contributed by atoms with Crippen LogP contribution in [0.5, 0.6) is 0 Å². The van der Waals surface area contributed by atoms with Gasteiger partial charge in [0.15, 0.2) is 0 Å². The fraction of sp³-hybridized carbons (Fsp3) is 1.00. The van der Waals surface area contributed by atoms with Crippen molar-refractivity contribution in [1.82, 2.24) is 0 Å². The van der Waals surface area contributed by atoms with Crippen LogP contribution in [0.25, 0.3) is 0 Å². The van der Waals surface area contributed by atoms with Crippen molar-refractivity contribution in [2.24, 2.45) is 5.92 Å². The summed E-state index contributed by atoms with van der Waals surface area (Å²) in [5.74, 6) is 1.15. The van der Waals surface area contributed by atoms with E-state index in [1.165, 1.54) is 25.7 Å². The minimum atomic E-state index is 0.808. The molecule has 0 amide bonds. The molecule has 0 aromatic heterocycles. The molecule has 0 atom stereocenters. The second-order valence-corrected chi connectivity index (χ2v) is 5.25. The molecule has 2 bridgehead atoms. The lowest BCUT2D eigenvalue weighted by Crippen LogP contribution is -2.27. The molecule has 0 aliphatic heterocycles. The van der Waals surface area contributed by atoms with Gasteiger partial charge in [-0.3, -0.25) is 0 Å². The summed E-state index contributed by atoms with van der Waals surface area (Å²) in [6, 6.07) is 0. The Morgan fingerprint density at radius 2 is 2.14 bits per heavy atom. The van der Waals surface area contributed by atoms with Gasteiger partial charge in [0.25, 0.3) is 0 Å². The van der Waals surface area contributed by atoms with Crippen LogP contribution >= 0.6 is 22.6 Å². The largest absolute Gasteiger partial charge is 0.0789 e. The molecule has 3 aliphatic rings. The van der Waals surface area contributed by atoms with Crippen LogP contribution in [0.1, 0.15) is 25.7 Å². The van der Waals surface area contributed by atoms with Gasteiger partial charge in [-0.25, -0.2) is 0 Å². The second-order valence-electron chi connectivity index (χ2n) is 2.96. The van der Waals surface area contributed by atoms with Crippen molar-refractivity contribution in [3.8, 4) is 0 Å². The molecule has 0 unspecified atom stereocenters. The van der Waals surface area contributed by atoms with E-state index < -0.39 is 0 Å². The number of halogens is 1. The summed E-state index contributed by atoms with van der Waals surface area (Å²) in [6.45, 7) is 0. The van der Waals surface area contributed by atoms with Crippen LogP contribution in [-0.2, 0) is 0 Å². The SMILES string of the molecule is IC12CCC(C1)C2. The van der Waals surface area contributed by atoms with E-state index in [2.05, 4.69) is 22.6 Å². The third-order valence-electron chi connectivity index (χ3n) is 2.31. The maximum Gasteiger partial charge on any atom is 0.0227 e. The fourth-order valence-corrected chi connectivity index (χ4v) is 3.40. The highest BCUT2D eigenvalue weighted by atomic mass is 127. The zero-order valence-corrected chi connectivity index (χ0v) is 6.44. The number of hydrogen-bond acceptors (Lipinski definition) is 0. The van der Waals surface area contributed by atoms with E-state index >= 15 is 0 Å². The third kappa shape index (κ3) is 0.538. The van der Waals surface area contributed by atoms with Gasteiger partial charge in [0.1, 0.15) is 0 Å². The molecular formula is C6H9I. The molecule has 7 heavy (non-hydrogen) atoms. The third-order valence-corrected chi connectivity index (χ3v) is 3.73. The van der Waals surface area contributed by atoms with Crippen molar-refractivity contribution in [2.75, 3.05) is 0 Å². The van der Waals surface area contributed by atoms with E-state index in [4.69, 9.17) is 0 Å². The molecule has 0 nitrogen and oxygen atoms in total. The van der Waals surface area contributed by atoms with Crippen LogP contribution < -0.4 is 0 Å². The Balaban J connectivity index is 2.20. The first-order valence-electron chi connectivity index (χ1n) is 2.97. The molecule has 3 rings (SSSR count). The lowest BCUT2D eigenvalue weighted by molar-refractivity contribution is 0.357. The average Bonchev–Trinajstić information content (AvgIpc) is 1.88. The predicted octanol–water partition coefficient (Wildman–Crippen LogP) is 2.36. The maximum atomic E-state index is 2.63. The van der Waals surface area contributed by atoms with Gasteiger partial charge in [-0.2, -0.15) is 0 Å². The van der Waals surface area contributed by atoms with Gasteiger partial charge >= 0.3 is 0 Å². The Bertz CT molecular complexity index is 86.8. The summed E-state index contributed by atoms with van der Waals surface area (Å²) < 4.78 is 0.808. The topological polar surface area (TPSA) is 0 Å². The number of alkyl halides is 1. The summed E-state index contributed by atoms with van der Waals surface area (Å²) in [5, 5.41) is 0. The highest BCUT2D eigenvalue weighted by molar-refractivity contribution is 14.1. The molecule has 0 aromatic rings. The molecule has 0 radical (unpaired) electrons. The molecule has 3 saturated carbocycles. The molecule has 40 valence electrons. The summed E-state index contributed by atoms with van der Waals surface area (Å²) in [4.78, 5) is 0. The molecule has 3 aliphatic carbocycles. The molecule has 0 N–H and O–H groups in total. The van der Waals surface area contributed by atoms with Crippen LogP contribution in [0.3, 0.4) is 0 Å².